The van der Waals surface area contributed by atoms with Crippen LogP contribution in [0.3, 0.4) is 0 Å². The zero-order chi connectivity index (χ0) is 17.9. The molecule has 132 valence electrons. The van der Waals surface area contributed by atoms with Gasteiger partial charge in [0, 0.05) is 11.1 Å². The number of rotatable bonds is 6. The van der Waals surface area contributed by atoms with E-state index in [1.54, 1.807) is 11.2 Å². The summed E-state index contributed by atoms with van der Waals surface area (Å²) in [6.07, 6.45) is 1.33. The van der Waals surface area contributed by atoms with Crippen molar-refractivity contribution in [1.29, 1.82) is 0 Å². The fourth-order valence-electron chi connectivity index (χ4n) is 3.27. The van der Waals surface area contributed by atoms with Crippen molar-refractivity contribution in [3.05, 3.63) is 83.8 Å². The molecule has 1 aliphatic heterocycles. The molecule has 0 saturated heterocycles. The van der Waals surface area contributed by atoms with E-state index in [0.717, 1.165) is 22.8 Å². The number of carbonyl (C=O) groups is 1. The summed E-state index contributed by atoms with van der Waals surface area (Å²) in [6, 6.07) is 19.2. The standard InChI is InChI=1S/C21H20N2O3/c1-2-25-19-12-6-5-11-18(19)22-20-16-9-3-4-10-17(16)21(24)23(20)14-15-8-7-13-26-15/h3-13,20,22H,2,14H2,1H3/t20-/m1/s1. The second-order valence-electron chi connectivity index (χ2n) is 6.08. The molecule has 26 heavy (non-hydrogen) atoms. The number of furan rings is 1. The molecular weight excluding hydrogens is 328 g/mol. The summed E-state index contributed by atoms with van der Waals surface area (Å²) in [6.45, 7) is 2.93. The smallest absolute Gasteiger partial charge is 0.256 e. The molecule has 0 saturated carbocycles. The van der Waals surface area contributed by atoms with Crippen molar-refractivity contribution in [2.45, 2.75) is 19.6 Å². The van der Waals surface area contributed by atoms with E-state index in [0.29, 0.717) is 18.7 Å². The molecule has 5 heteroatoms. The average molecular weight is 348 g/mol. The van der Waals surface area contributed by atoms with Crippen LogP contribution >= 0.6 is 0 Å². The first-order valence-electron chi connectivity index (χ1n) is 8.68. The van der Waals surface area contributed by atoms with Gasteiger partial charge in [0.2, 0.25) is 0 Å². The molecule has 2 heterocycles. The number of para-hydroxylation sites is 2. The van der Waals surface area contributed by atoms with Crippen LogP contribution in [0.15, 0.2) is 71.3 Å². The molecule has 0 unspecified atom stereocenters. The zero-order valence-corrected chi connectivity index (χ0v) is 14.5. The molecule has 0 spiro atoms. The number of nitrogens with one attached hydrogen (secondary N) is 1. The Morgan fingerprint density at radius 3 is 2.69 bits per heavy atom. The topological polar surface area (TPSA) is 54.7 Å². The molecule has 1 amide bonds. The lowest BCUT2D eigenvalue weighted by Crippen LogP contribution is -2.31. The van der Waals surface area contributed by atoms with Crippen molar-refractivity contribution < 1.29 is 13.9 Å². The van der Waals surface area contributed by atoms with Gasteiger partial charge in [0.1, 0.15) is 17.7 Å². The van der Waals surface area contributed by atoms with E-state index in [9.17, 15) is 4.79 Å². The second kappa shape index (κ2) is 6.96. The number of nitrogens with zero attached hydrogens (tertiary/aromatic N) is 1. The van der Waals surface area contributed by atoms with Gasteiger partial charge in [-0.05, 0) is 37.3 Å². The molecule has 1 atom stereocenters. The van der Waals surface area contributed by atoms with Gasteiger partial charge in [-0.1, -0.05) is 30.3 Å². The normalized spacial score (nSPS) is 15.8. The first-order chi connectivity index (χ1) is 12.8. The van der Waals surface area contributed by atoms with E-state index in [4.69, 9.17) is 9.15 Å². The molecule has 4 rings (SSSR count). The Bertz CT molecular complexity index is 905. The Balaban J connectivity index is 1.70. The highest BCUT2D eigenvalue weighted by Crippen LogP contribution is 2.37. The van der Waals surface area contributed by atoms with Gasteiger partial charge in [0.05, 0.1) is 25.1 Å². The molecule has 3 aromatic rings. The summed E-state index contributed by atoms with van der Waals surface area (Å²) in [5, 5.41) is 3.48. The lowest BCUT2D eigenvalue weighted by Gasteiger charge is -2.27. The van der Waals surface area contributed by atoms with Crippen LogP contribution in [0.5, 0.6) is 5.75 Å². The molecule has 5 nitrogen and oxygen atoms in total. The van der Waals surface area contributed by atoms with Crippen LogP contribution in [-0.2, 0) is 6.54 Å². The molecule has 0 radical (unpaired) electrons. The van der Waals surface area contributed by atoms with Gasteiger partial charge in [-0.3, -0.25) is 4.79 Å². The fourth-order valence-corrected chi connectivity index (χ4v) is 3.27. The van der Waals surface area contributed by atoms with E-state index < -0.39 is 0 Å². The van der Waals surface area contributed by atoms with Crippen molar-refractivity contribution >= 4 is 11.6 Å². The maximum atomic E-state index is 12.9. The first-order valence-corrected chi connectivity index (χ1v) is 8.68. The van der Waals surface area contributed by atoms with Crippen molar-refractivity contribution in [2.24, 2.45) is 0 Å². The molecular formula is C21H20N2O3. The first kappa shape index (κ1) is 16.3. The summed E-state index contributed by atoms with van der Waals surface area (Å²) in [5.41, 5.74) is 2.52. The van der Waals surface area contributed by atoms with Gasteiger partial charge < -0.3 is 19.4 Å². The van der Waals surface area contributed by atoms with Gasteiger partial charge >= 0.3 is 0 Å². The fraction of sp³-hybridized carbons (Fsp3) is 0.190. The SMILES string of the molecule is CCOc1ccccc1N[C@H]1c2ccccc2C(=O)N1Cc1ccco1. The highest BCUT2D eigenvalue weighted by Gasteiger charge is 2.37. The summed E-state index contributed by atoms with van der Waals surface area (Å²) in [7, 11) is 0. The molecule has 1 aromatic heterocycles. The minimum Gasteiger partial charge on any atom is -0.492 e. The van der Waals surface area contributed by atoms with E-state index in [1.807, 2.05) is 67.6 Å². The molecule has 1 aliphatic rings. The van der Waals surface area contributed by atoms with Crippen LogP contribution in [-0.4, -0.2) is 17.4 Å². The number of carbonyl (C=O) groups excluding carboxylic acids is 1. The predicted octanol–water partition coefficient (Wildman–Crippen LogP) is 4.45. The monoisotopic (exact) mass is 348 g/mol. The summed E-state index contributed by atoms with van der Waals surface area (Å²) in [4.78, 5) is 14.7. The Hall–Kier alpha value is -3.21. The van der Waals surface area contributed by atoms with E-state index in [2.05, 4.69) is 5.32 Å². The Labute approximate surface area is 152 Å². The maximum absolute atomic E-state index is 12.9. The van der Waals surface area contributed by atoms with Crippen LogP contribution in [0.2, 0.25) is 0 Å². The summed E-state index contributed by atoms with van der Waals surface area (Å²) >= 11 is 0. The van der Waals surface area contributed by atoms with Crippen LogP contribution in [0, 0.1) is 0 Å². The number of fused-ring (bicyclic) bond motifs is 1. The van der Waals surface area contributed by atoms with E-state index >= 15 is 0 Å². The van der Waals surface area contributed by atoms with Gasteiger partial charge in [-0.25, -0.2) is 0 Å². The number of anilines is 1. The number of hydrogen-bond acceptors (Lipinski definition) is 4. The molecule has 0 fully saturated rings. The highest BCUT2D eigenvalue weighted by atomic mass is 16.5. The largest absolute Gasteiger partial charge is 0.492 e. The summed E-state index contributed by atoms with van der Waals surface area (Å²) in [5.74, 6) is 1.50. The predicted molar refractivity (Wildman–Crippen MR) is 99.0 cm³/mol. The van der Waals surface area contributed by atoms with E-state index in [-0.39, 0.29) is 12.1 Å². The van der Waals surface area contributed by atoms with Crippen molar-refractivity contribution in [2.75, 3.05) is 11.9 Å². The lowest BCUT2D eigenvalue weighted by atomic mass is 10.1. The minimum absolute atomic E-state index is 0.0107. The maximum Gasteiger partial charge on any atom is 0.256 e. The van der Waals surface area contributed by atoms with Gasteiger partial charge in [-0.15, -0.1) is 0 Å². The molecule has 2 aromatic carbocycles. The number of ether oxygens (including phenoxy) is 1. The third-order valence-corrected chi connectivity index (χ3v) is 4.44. The Morgan fingerprint density at radius 1 is 1.08 bits per heavy atom. The van der Waals surface area contributed by atoms with Crippen molar-refractivity contribution in [3.63, 3.8) is 0 Å². The molecule has 0 aliphatic carbocycles. The van der Waals surface area contributed by atoms with Gasteiger partial charge in [0.25, 0.3) is 5.91 Å². The Morgan fingerprint density at radius 2 is 1.88 bits per heavy atom. The minimum atomic E-state index is -0.287. The van der Waals surface area contributed by atoms with Crippen molar-refractivity contribution in [3.8, 4) is 5.75 Å². The average Bonchev–Trinajstić information content (AvgIpc) is 3.27. The van der Waals surface area contributed by atoms with Crippen LogP contribution in [0.25, 0.3) is 0 Å². The lowest BCUT2D eigenvalue weighted by molar-refractivity contribution is 0.0715. The number of benzene rings is 2. The number of amides is 1. The van der Waals surface area contributed by atoms with Crippen molar-refractivity contribution in [1.82, 2.24) is 4.90 Å². The number of hydrogen-bond donors (Lipinski definition) is 1. The molecule has 1 N–H and O–H groups in total. The quantitative estimate of drug-likeness (QED) is 0.715. The third kappa shape index (κ3) is 2.92. The van der Waals surface area contributed by atoms with Crippen LogP contribution in [0.1, 0.15) is 34.8 Å². The highest BCUT2D eigenvalue weighted by molar-refractivity contribution is 5.99. The third-order valence-electron chi connectivity index (χ3n) is 4.44. The van der Waals surface area contributed by atoms with E-state index in [1.165, 1.54) is 0 Å². The van der Waals surface area contributed by atoms with Crippen LogP contribution in [0.4, 0.5) is 5.69 Å². The Kier molecular flexibility index (Phi) is 4.35. The molecule has 0 bridgehead atoms. The zero-order valence-electron chi connectivity index (χ0n) is 14.5. The van der Waals surface area contributed by atoms with Crippen LogP contribution < -0.4 is 10.1 Å². The van der Waals surface area contributed by atoms with Gasteiger partial charge in [-0.2, -0.15) is 0 Å². The van der Waals surface area contributed by atoms with Gasteiger partial charge in [0.15, 0.2) is 0 Å². The summed E-state index contributed by atoms with van der Waals surface area (Å²) < 4.78 is 11.2. The second-order valence-corrected chi connectivity index (χ2v) is 6.08.